The first kappa shape index (κ1) is 6.94. The Kier molecular flexibility index (Phi) is 3.56. The third kappa shape index (κ3) is 3.14. The predicted molar refractivity (Wildman–Crippen MR) is 29.7 cm³/mol. The lowest BCUT2D eigenvalue weighted by molar-refractivity contribution is 0.566. The minimum Gasteiger partial charge on any atom is -0.234 e. The molecular weight excluding hydrogens is 102 g/mol. The molecule has 0 saturated carbocycles. The summed E-state index contributed by atoms with van der Waals surface area (Å²) in [5, 5.41) is 8.02. The SMILES string of the molecule is CC(=C=O)CCC#N. The first-order valence-corrected chi connectivity index (χ1v) is 2.38. The predicted octanol–water partition coefficient (Wildman–Crippen LogP) is 1.07. The van der Waals surface area contributed by atoms with E-state index in [1.165, 1.54) is 0 Å². The largest absolute Gasteiger partial charge is 0.234 e. The van der Waals surface area contributed by atoms with E-state index in [0.717, 1.165) is 0 Å². The molecule has 0 unspecified atom stereocenters. The van der Waals surface area contributed by atoms with Gasteiger partial charge in [-0.15, -0.1) is 0 Å². The zero-order valence-electron chi connectivity index (χ0n) is 4.77. The Labute approximate surface area is 48.4 Å². The zero-order valence-corrected chi connectivity index (χ0v) is 4.77. The Balaban J connectivity index is 3.44. The highest BCUT2D eigenvalue weighted by atomic mass is 16.1. The van der Waals surface area contributed by atoms with Gasteiger partial charge in [-0.3, -0.25) is 0 Å². The molecule has 0 aromatic heterocycles. The van der Waals surface area contributed by atoms with E-state index >= 15 is 0 Å². The van der Waals surface area contributed by atoms with Crippen molar-refractivity contribution < 1.29 is 4.79 Å². The van der Waals surface area contributed by atoms with E-state index in [1.807, 2.05) is 6.07 Å². The van der Waals surface area contributed by atoms with Gasteiger partial charge in [-0.25, -0.2) is 4.79 Å². The van der Waals surface area contributed by atoms with E-state index in [-0.39, 0.29) is 0 Å². The van der Waals surface area contributed by atoms with Gasteiger partial charge in [0.05, 0.1) is 6.07 Å². The molecule has 0 fully saturated rings. The van der Waals surface area contributed by atoms with Crippen molar-refractivity contribution in [3.05, 3.63) is 5.57 Å². The third-order valence-electron chi connectivity index (χ3n) is 0.786. The fourth-order valence-electron chi connectivity index (χ4n) is 0.294. The maximum atomic E-state index is 9.74. The van der Waals surface area contributed by atoms with Crippen LogP contribution in [0.25, 0.3) is 0 Å². The van der Waals surface area contributed by atoms with Crippen LogP contribution >= 0.6 is 0 Å². The van der Waals surface area contributed by atoms with Crippen LogP contribution in [-0.2, 0) is 4.79 Å². The van der Waals surface area contributed by atoms with E-state index in [0.29, 0.717) is 18.4 Å². The van der Waals surface area contributed by atoms with Crippen molar-refractivity contribution in [2.24, 2.45) is 0 Å². The van der Waals surface area contributed by atoms with E-state index in [2.05, 4.69) is 0 Å². The Hall–Kier alpha value is -1.06. The van der Waals surface area contributed by atoms with Crippen molar-refractivity contribution in [1.82, 2.24) is 0 Å². The van der Waals surface area contributed by atoms with Crippen molar-refractivity contribution >= 4 is 5.94 Å². The Morgan fingerprint density at radius 2 is 2.38 bits per heavy atom. The molecule has 0 amide bonds. The molecule has 42 valence electrons. The number of rotatable bonds is 2. The smallest absolute Gasteiger partial charge is 0.123 e. The van der Waals surface area contributed by atoms with Gasteiger partial charge < -0.3 is 0 Å². The molecule has 0 N–H and O–H groups in total. The highest BCUT2D eigenvalue weighted by Crippen LogP contribution is 1.96. The summed E-state index contributed by atoms with van der Waals surface area (Å²) in [7, 11) is 0. The van der Waals surface area contributed by atoms with E-state index in [4.69, 9.17) is 5.26 Å². The average molecular weight is 109 g/mol. The van der Waals surface area contributed by atoms with Gasteiger partial charge >= 0.3 is 0 Å². The highest BCUT2D eigenvalue weighted by molar-refractivity contribution is 5.51. The first-order chi connectivity index (χ1) is 3.81. The fourth-order valence-corrected chi connectivity index (χ4v) is 0.294. The summed E-state index contributed by atoms with van der Waals surface area (Å²) in [6, 6.07) is 1.93. The van der Waals surface area contributed by atoms with Crippen molar-refractivity contribution in [1.29, 1.82) is 5.26 Å². The Morgan fingerprint density at radius 3 is 2.75 bits per heavy atom. The van der Waals surface area contributed by atoms with Gasteiger partial charge in [0.25, 0.3) is 0 Å². The van der Waals surface area contributed by atoms with Crippen LogP contribution in [0.15, 0.2) is 5.57 Å². The monoisotopic (exact) mass is 109 g/mol. The summed E-state index contributed by atoms with van der Waals surface area (Å²) in [6.07, 6.45) is 0.973. The molecule has 0 aliphatic carbocycles. The second-order valence-electron chi connectivity index (χ2n) is 1.54. The summed E-state index contributed by atoms with van der Waals surface area (Å²) >= 11 is 0. The molecule has 0 aliphatic heterocycles. The second-order valence-corrected chi connectivity index (χ2v) is 1.54. The van der Waals surface area contributed by atoms with Crippen LogP contribution in [0.5, 0.6) is 0 Å². The van der Waals surface area contributed by atoms with Crippen LogP contribution < -0.4 is 0 Å². The molecule has 0 spiro atoms. The van der Waals surface area contributed by atoms with Crippen molar-refractivity contribution in [3.8, 4) is 6.07 Å². The molecule has 0 rings (SSSR count). The molecule has 2 heteroatoms. The van der Waals surface area contributed by atoms with Crippen LogP contribution in [0.4, 0.5) is 0 Å². The van der Waals surface area contributed by atoms with Crippen LogP contribution in [0.3, 0.4) is 0 Å². The first-order valence-electron chi connectivity index (χ1n) is 2.38. The maximum Gasteiger partial charge on any atom is 0.123 e. The van der Waals surface area contributed by atoms with E-state index in [1.54, 1.807) is 12.9 Å². The van der Waals surface area contributed by atoms with Gasteiger partial charge in [0.15, 0.2) is 0 Å². The third-order valence-corrected chi connectivity index (χ3v) is 0.786. The van der Waals surface area contributed by atoms with Gasteiger partial charge in [-0.1, -0.05) is 0 Å². The molecule has 8 heavy (non-hydrogen) atoms. The van der Waals surface area contributed by atoms with E-state index < -0.39 is 0 Å². The molecule has 0 radical (unpaired) electrons. The molecule has 0 saturated heterocycles. The molecular formula is C6H7NO. The van der Waals surface area contributed by atoms with Crippen LogP contribution in [0, 0.1) is 11.3 Å². The topological polar surface area (TPSA) is 40.9 Å². The van der Waals surface area contributed by atoms with Crippen molar-refractivity contribution in [2.45, 2.75) is 19.8 Å². The second kappa shape index (κ2) is 4.11. The average Bonchev–Trinajstić information content (AvgIpc) is 1.83. The minimum absolute atomic E-state index is 0.418. The zero-order chi connectivity index (χ0) is 6.41. The highest BCUT2D eigenvalue weighted by Gasteiger charge is 1.86. The molecule has 0 aromatic rings. The Bertz CT molecular complexity index is 148. The number of allylic oxidation sites excluding steroid dienone is 1. The van der Waals surface area contributed by atoms with Crippen LogP contribution in [0.1, 0.15) is 19.8 Å². The summed E-state index contributed by atoms with van der Waals surface area (Å²) in [4.78, 5) is 9.74. The van der Waals surface area contributed by atoms with Gasteiger partial charge in [-0.2, -0.15) is 5.26 Å². The maximum absolute atomic E-state index is 9.74. The van der Waals surface area contributed by atoms with Crippen LogP contribution in [0.2, 0.25) is 0 Å². The fraction of sp³-hybridized carbons (Fsp3) is 0.500. The number of hydrogen-bond donors (Lipinski definition) is 0. The quantitative estimate of drug-likeness (QED) is 0.497. The number of carbonyl (C=O) groups excluding carboxylic acids is 1. The van der Waals surface area contributed by atoms with Gasteiger partial charge in [0.1, 0.15) is 5.94 Å². The summed E-state index contributed by atoms with van der Waals surface area (Å²) in [5.41, 5.74) is 0.617. The Morgan fingerprint density at radius 1 is 1.75 bits per heavy atom. The molecule has 0 aliphatic rings. The van der Waals surface area contributed by atoms with Crippen molar-refractivity contribution in [3.63, 3.8) is 0 Å². The van der Waals surface area contributed by atoms with Crippen molar-refractivity contribution in [2.75, 3.05) is 0 Å². The summed E-state index contributed by atoms with van der Waals surface area (Å²) in [5.74, 6) is 1.72. The lowest BCUT2D eigenvalue weighted by Gasteiger charge is -1.82. The van der Waals surface area contributed by atoms with Crippen LogP contribution in [-0.4, -0.2) is 5.94 Å². The normalized spacial score (nSPS) is 7.00. The molecule has 0 atom stereocenters. The van der Waals surface area contributed by atoms with E-state index in [9.17, 15) is 4.79 Å². The standard InChI is InChI=1S/C6H7NO/c1-6(5-8)3-2-4-7/h2-3H2,1H3. The van der Waals surface area contributed by atoms with Gasteiger partial charge in [0.2, 0.25) is 0 Å². The summed E-state index contributed by atoms with van der Waals surface area (Å²) < 4.78 is 0. The molecule has 2 nitrogen and oxygen atoms in total. The molecule has 0 heterocycles. The van der Waals surface area contributed by atoms with Gasteiger partial charge in [-0.05, 0) is 13.3 Å². The lowest BCUT2D eigenvalue weighted by Crippen LogP contribution is -1.74. The van der Waals surface area contributed by atoms with Gasteiger partial charge in [0, 0.05) is 12.0 Å². The molecule has 0 aromatic carbocycles. The lowest BCUT2D eigenvalue weighted by atomic mass is 10.2. The number of hydrogen-bond acceptors (Lipinski definition) is 2. The number of nitrogens with zero attached hydrogens (tertiary/aromatic N) is 1. The molecule has 0 bridgehead atoms. The summed E-state index contributed by atoms with van der Waals surface area (Å²) in [6.45, 7) is 1.67. The minimum atomic E-state index is 0.418. The number of nitriles is 1.